The van der Waals surface area contributed by atoms with Crippen molar-refractivity contribution in [1.29, 1.82) is 0 Å². The Morgan fingerprint density at radius 2 is 1.78 bits per heavy atom. The minimum atomic E-state index is -0.649. The molecular weight excluding hydrogens is 458 g/mol. The molecule has 192 valence electrons. The summed E-state index contributed by atoms with van der Waals surface area (Å²) in [5, 5.41) is 5.74. The molecule has 1 atom stereocenters. The number of allylic oxidation sites excluding steroid dienone is 1. The Hall–Kier alpha value is -3.65. The van der Waals surface area contributed by atoms with Crippen molar-refractivity contribution < 1.29 is 23.9 Å². The number of amides is 3. The Bertz CT molecular complexity index is 1080. The number of hydrogen-bond donors (Lipinski definition) is 2. The fraction of sp³-hybridized carbons (Fsp3) is 0.393. The quantitative estimate of drug-likeness (QED) is 0.439. The molecule has 0 spiro atoms. The first-order valence-electron chi connectivity index (χ1n) is 12.3. The number of rotatable bonds is 11. The van der Waals surface area contributed by atoms with E-state index in [0.29, 0.717) is 42.3 Å². The zero-order chi connectivity index (χ0) is 26.1. The highest BCUT2D eigenvalue weighted by Crippen LogP contribution is 2.32. The molecule has 1 aliphatic rings. The third-order valence-corrected chi connectivity index (χ3v) is 5.68. The Labute approximate surface area is 212 Å². The molecule has 0 fully saturated rings. The van der Waals surface area contributed by atoms with E-state index in [9.17, 15) is 14.4 Å². The molecule has 0 aliphatic carbocycles. The van der Waals surface area contributed by atoms with E-state index in [1.54, 1.807) is 36.1 Å². The smallest absolute Gasteiger partial charge is 0.338 e. The summed E-state index contributed by atoms with van der Waals surface area (Å²) in [5.41, 5.74) is 3.30. The lowest BCUT2D eigenvalue weighted by molar-refractivity contribution is -0.140. The second kappa shape index (κ2) is 12.9. The molecular formula is C28H35N3O5. The average molecular weight is 494 g/mol. The summed E-state index contributed by atoms with van der Waals surface area (Å²) in [5.74, 6) is -0.522. The van der Waals surface area contributed by atoms with Crippen molar-refractivity contribution in [1.82, 2.24) is 10.2 Å². The first-order valence-corrected chi connectivity index (χ1v) is 12.3. The predicted octanol–water partition coefficient (Wildman–Crippen LogP) is 4.79. The molecule has 0 radical (unpaired) electrons. The van der Waals surface area contributed by atoms with Gasteiger partial charge in [0, 0.05) is 17.9 Å². The number of nitrogens with one attached hydrogen (secondary N) is 2. The van der Waals surface area contributed by atoms with Crippen LogP contribution in [-0.4, -0.2) is 42.6 Å². The van der Waals surface area contributed by atoms with Crippen molar-refractivity contribution in [3.8, 4) is 0 Å². The van der Waals surface area contributed by atoms with Crippen LogP contribution in [-0.2, 0) is 25.7 Å². The lowest BCUT2D eigenvalue weighted by atomic mass is 9.94. The van der Waals surface area contributed by atoms with Gasteiger partial charge >= 0.3 is 12.0 Å². The Morgan fingerprint density at radius 3 is 2.42 bits per heavy atom. The molecule has 0 aromatic heterocycles. The number of hydrogen-bond acceptors (Lipinski definition) is 5. The maximum Gasteiger partial charge on any atom is 0.338 e. The molecule has 0 saturated heterocycles. The van der Waals surface area contributed by atoms with Crippen LogP contribution in [0.25, 0.3) is 0 Å². The van der Waals surface area contributed by atoms with Gasteiger partial charge in [0.1, 0.15) is 6.61 Å². The fourth-order valence-electron chi connectivity index (χ4n) is 3.90. The molecule has 1 heterocycles. The normalized spacial score (nSPS) is 15.6. The van der Waals surface area contributed by atoms with Crippen molar-refractivity contribution in [2.45, 2.75) is 46.8 Å². The van der Waals surface area contributed by atoms with E-state index in [1.807, 2.05) is 51.1 Å². The highest BCUT2D eigenvalue weighted by Gasteiger charge is 2.36. The van der Waals surface area contributed by atoms with Crippen LogP contribution in [0.4, 0.5) is 10.5 Å². The van der Waals surface area contributed by atoms with Crippen molar-refractivity contribution in [3.63, 3.8) is 0 Å². The lowest BCUT2D eigenvalue weighted by Crippen LogP contribution is -2.48. The van der Waals surface area contributed by atoms with E-state index >= 15 is 0 Å². The molecule has 1 aliphatic heterocycles. The van der Waals surface area contributed by atoms with Gasteiger partial charge in [-0.15, -0.1) is 0 Å². The standard InChI is InChI=1S/C28H35N3O5/c1-5-15-31-20(4)25(27(33)36-16-19(2)3)26(30-28(31)34)22-11-13-23(14-12-22)29-24(32)18-35-17-21-9-7-6-8-10-21/h6-14,19,26H,5,15-18H2,1-4H3,(H,29,32)(H,30,34). The monoisotopic (exact) mass is 493 g/mol. The number of benzene rings is 2. The first kappa shape index (κ1) is 26.9. The molecule has 8 nitrogen and oxygen atoms in total. The third kappa shape index (κ3) is 7.18. The highest BCUT2D eigenvalue weighted by molar-refractivity contribution is 5.95. The van der Waals surface area contributed by atoms with Crippen molar-refractivity contribution in [3.05, 3.63) is 77.0 Å². The topological polar surface area (TPSA) is 97.0 Å². The van der Waals surface area contributed by atoms with Gasteiger partial charge in [-0.1, -0.05) is 63.2 Å². The largest absolute Gasteiger partial charge is 0.462 e. The minimum Gasteiger partial charge on any atom is -0.462 e. The van der Waals surface area contributed by atoms with E-state index in [0.717, 1.165) is 12.0 Å². The molecule has 2 N–H and O–H groups in total. The summed E-state index contributed by atoms with van der Waals surface area (Å²) < 4.78 is 11.0. The Balaban J connectivity index is 1.70. The summed E-state index contributed by atoms with van der Waals surface area (Å²) in [6, 6.07) is 15.8. The number of carbonyl (C=O) groups excluding carboxylic acids is 3. The zero-order valence-corrected chi connectivity index (χ0v) is 21.4. The van der Waals surface area contributed by atoms with Crippen LogP contribution in [0.1, 0.15) is 51.3 Å². The summed E-state index contributed by atoms with van der Waals surface area (Å²) in [6.07, 6.45) is 0.757. The predicted molar refractivity (Wildman–Crippen MR) is 138 cm³/mol. The molecule has 3 rings (SSSR count). The highest BCUT2D eigenvalue weighted by atomic mass is 16.5. The minimum absolute atomic E-state index is 0.0731. The van der Waals surface area contributed by atoms with Gasteiger partial charge in [0.25, 0.3) is 0 Å². The van der Waals surface area contributed by atoms with Crippen LogP contribution in [0.3, 0.4) is 0 Å². The van der Waals surface area contributed by atoms with Gasteiger partial charge in [-0.25, -0.2) is 9.59 Å². The molecule has 0 bridgehead atoms. The second-order valence-corrected chi connectivity index (χ2v) is 9.17. The van der Waals surface area contributed by atoms with Crippen LogP contribution < -0.4 is 10.6 Å². The van der Waals surface area contributed by atoms with Gasteiger partial charge in [-0.05, 0) is 42.5 Å². The van der Waals surface area contributed by atoms with Gasteiger partial charge in [0.05, 0.1) is 24.8 Å². The number of anilines is 1. The third-order valence-electron chi connectivity index (χ3n) is 5.68. The van der Waals surface area contributed by atoms with Crippen molar-refractivity contribution >= 4 is 23.6 Å². The maximum absolute atomic E-state index is 13.0. The molecule has 2 aromatic rings. The fourth-order valence-corrected chi connectivity index (χ4v) is 3.90. The van der Waals surface area contributed by atoms with E-state index < -0.39 is 12.0 Å². The van der Waals surface area contributed by atoms with E-state index in [2.05, 4.69) is 10.6 Å². The summed E-state index contributed by atoms with van der Waals surface area (Å²) in [6.45, 7) is 8.77. The Kier molecular flexibility index (Phi) is 9.64. The summed E-state index contributed by atoms with van der Waals surface area (Å²) in [7, 11) is 0. The van der Waals surface area contributed by atoms with Crippen LogP contribution in [0.15, 0.2) is 65.9 Å². The molecule has 1 unspecified atom stereocenters. The van der Waals surface area contributed by atoms with E-state index in [1.165, 1.54) is 0 Å². The van der Waals surface area contributed by atoms with Gasteiger partial charge < -0.3 is 20.1 Å². The van der Waals surface area contributed by atoms with Crippen molar-refractivity contribution in [2.24, 2.45) is 5.92 Å². The summed E-state index contributed by atoms with van der Waals surface area (Å²) >= 11 is 0. The van der Waals surface area contributed by atoms with E-state index in [4.69, 9.17) is 9.47 Å². The molecule has 36 heavy (non-hydrogen) atoms. The average Bonchev–Trinajstić information content (AvgIpc) is 2.86. The van der Waals surface area contributed by atoms with Crippen molar-refractivity contribution in [2.75, 3.05) is 25.1 Å². The van der Waals surface area contributed by atoms with Gasteiger partial charge in [0.15, 0.2) is 0 Å². The number of ether oxygens (including phenoxy) is 2. The van der Waals surface area contributed by atoms with Gasteiger partial charge in [-0.3, -0.25) is 9.69 Å². The number of carbonyl (C=O) groups is 3. The molecule has 8 heteroatoms. The Morgan fingerprint density at radius 1 is 1.08 bits per heavy atom. The number of esters is 1. The van der Waals surface area contributed by atoms with Crippen LogP contribution in [0, 0.1) is 5.92 Å². The SMILES string of the molecule is CCCN1C(=O)NC(c2ccc(NC(=O)COCc3ccccc3)cc2)C(C(=O)OCC(C)C)=C1C. The maximum atomic E-state index is 13.0. The molecule has 0 saturated carbocycles. The number of nitrogens with zero attached hydrogens (tertiary/aromatic N) is 1. The van der Waals surface area contributed by atoms with Gasteiger partial charge in [-0.2, -0.15) is 0 Å². The first-order chi connectivity index (χ1) is 17.3. The zero-order valence-electron chi connectivity index (χ0n) is 21.4. The second-order valence-electron chi connectivity index (χ2n) is 9.17. The van der Waals surface area contributed by atoms with Crippen LogP contribution in [0.5, 0.6) is 0 Å². The summed E-state index contributed by atoms with van der Waals surface area (Å²) in [4.78, 5) is 39.7. The van der Waals surface area contributed by atoms with Crippen LogP contribution >= 0.6 is 0 Å². The van der Waals surface area contributed by atoms with Crippen LogP contribution in [0.2, 0.25) is 0 Å². The lowest BCUT2D eigenvalue weighted by Gasteiger charge is -2.35. The molecule has 3 amide bonds. The number of urea groups is 1. The van der Waals surface area contributed by atoms with E-state index in [-0.39, 0.29) is 24.5 Å². The molecule has 2 aromatic carbocycles. The van der Waals surface area contributed by atoms with Gasteiger partial charge in [0.2, 0.25) is 5.91 Å².